The van der Waals surface area contributed by atoms with E-state index >= 15 is 0 Å². The zero-order valence-electron chi connectivity index (χ0n) is 9.82. The van der Waals surface area contributed by atoms with Gasteiger partial charge in [-0.25, -0.2) is 5.84 Å². The van der Waals surface area contributed by atoms with E-state index in [1.807, 2.05) is 6.07 Å². The normalized spacial score (nSPS) is 19.0. The van der Waals surface area contributed by atoms with E-state index in [4.69, 9.17) is 17.4 Å². The van der Waals surface area contributed by atoms with Gasteiger partial charge in [0.25, 0.3) is 0 Å². The fourth-order valence-corrected chi connectivity index (χ4v) is 2.03. The maximum atomic E-state index is 12.0. The Labute approximate surface area is 110 Å². The molecule has 1 unspecified atom stereocenters. The molecule has 6 heteroatoms. The van der Waals surface area contributed by atoms with Crippen molar-refractivity contribution in [2.45, 2.75) is 12.8 Å². The van der Waals surface area contributed by atoms with Crippen molar-refractivity contribution in [1.29, 1.82) is 0 Å². The van der Waals surface area contributed by atoms with Gasteiger partial charge >= 0.3 is 0 Å². The lowest BCUT2D eigenvalue weighted by Crippen LogP contribution is -2.36. The van der Waals surface area contributed by atoms with Gasteiger partial charge in [0.2, 0.25) is 5.91 Å². The summed E-state index contributed by atoms with van der Waals surface area (Å²) in [4.78, 5) is 16.2. The smallest absolute Gasteiger partial charge is 0.229 e. The number of halogens is 1. The summed E-state index contributed by atoms with van der Waals surface area (Å²) in [6.45, 7) is 0.464. The van der Waals surface area contributed by atoms with E-state index in [9.17, 15) is 4.79 Å². The largest absolute Gasteiger partial charge is 0.326 e. The molecule has 5 nitrogen and oxygen atoms in total. The number of rotatable bonds is 2. The number of hydrogen-bond acceptors (Lipinski definition) is 4. The minimum atomic E-state index is -0.110. The lowest BCUT2D eigenvalue weighted by Gasteiger charge is -2.20. The molecular formula is C12H15ClN4O. The van der Waals surface area contributed by atoms with Gasteiger partial charge in [0.15, 0.2) is 0 Å². The molecule has 96 valence electrons. The van der Waals surface area contributed by atoms with Crippen LogP contribution in [0.5, 0.6) is 0 Å². The van der Waals surface area contributed by atoms with Crippen molar-refractivity contribution in [2.24, 2.45) is 16.8 Å². The van der Waals surface area contributed by atoms with E-state index in [1.165, 1.54) is 0 Å². The number of carbonyl (C=O) groups excluding carboxylic acids is 1. The molecule has 0 aromatic heterocycles. The van der Waals surface area contributed by atoms with Gasteiger partial charge in [0, 0.05) is 17.1 Å². The molecule has 0 aliphatic carbocycles. The molecule has 1 aliphatic heterocycles. The van der Waals surface area contributed by atoms with E-state index in [0.29, 0.717) is 23.7 Å². The number of anilines is 1. The number of nitrogens with zero attached hydrogens (tertiary/aromatic N) is 1. The van der Waals surface area contributed by atoms with Crippen molar-refractivity contribution in [3.05, 3.63) is 29.3 Å². The Morgan fingerprint density at radius 3 is 2.94 bits per heavy atom. The highest BCUT2D eigenvalue weighted by Crippen LogP contribution is 2.18. The predicted molar refractivity (Wildman–Crippen MR) is 72.4 cm³/mol. The van der Waals surface area contributed by atoms with Crippen LogP contribution in [0.15, 0.2) is 29.3 Å². The highest BCUT2D eigenvalue weighted by Gasteiger charge is 2.22. The molecule has 0 saturated heterocycles. The number of benzene rings is 1. The second kappa shape index (κ2) is 5.84. The fourth-order valence-electron chi connectivity index (χ4n) is 1.84. The van der Waals surface area contributed by atoms with Gasteiger partial charge in [-0.2, -0.15) is 0 Å². The monoisotopic (exact) mass is 266 g/mol. The number of nitrogens with two attached hydrogens (primary N) is 1. The molecule has 1 heterocycles. The minimum absolute atomic E-state index is 0.0305. The zero-order chi connectivity index (χ0) is 13.0. The second-order valence-electron chi connectivity index (χ2n) is 4.17. The summed E-state index contributed by atoms with van der Waals surface area (Å²) in [7, 11) is 0. The Morgan fingerprint density at radius 2 is 2.33 bits per heavy atom. The summed E-state index contributed by atoms with van der Waals surface area (Å²) in [5.74, 6) is 5.88. The molecule has 2 rings (SSSR count). The lowest BCUT2D eigenvalue weighted by atomic mass is 9.99. The number of carbonyl (C=O) groups is 1. The van der Waals surface area contributed by atoms with Crippen LogP contribution < -0.4 is 16.6 Å². The molecule has 0 radical (unpaired) electrons. The van der Waals surface area contributed by atoms with Gasteiger partial charge < -0.3 is 10.7 Å². The molecular weight excluding hydrogens is 252 g/mol. The third kappa shape index (κ3) is 3.21. The molecule has 1 atom stereocenters. The van der Waals surface area contributed by atoms with Crippen molar-refractivity contribution in [1.82, 2.24) is 5.43 Å². The summed E-state index contributed by atoms with van der Waals surface area (Å²) < 4.78 is 0. The Bertz CT molecular complexity index is 475. The van der Waals surface area contributed by atoms with E-state index < -0.39 is 0 Å². The third-order valence-corrected chi connectivity index (χ3v) is 3.10. The summed E-state index contributed by atoms with van der Waals surface area (Å²) in [5, 5.41) is 3.44. The van der Waals surface area contributed by atoms with E-state index in [-0.39, 0.29) is 11.8 Å². The van der Waals surface area contributed by atoms with Crippen LogP contribution in [0.1, 0.15) is 12.8 Å². The molecule has 0 fully saturated rings. The highest BCUT2D eigenvalue weighted by atomic mass is 35.5. The van der Waals surface area contributed by atoms with Gasteiger partial charge in [0.1, 0.15) is 5.84 Å². The van der Waals surface area contributed by atoms with Crippen LogP contribution in [0.4, 0.5) is 5.69 Å². The Morgan fingerprint density at radius 1 is 1.50 bits per heavy atom. The van der Waals surface area contributed by atoms with Gasteiger partial charge in [-0.15, -0.1) is 0 Å². The van der Waals surface area contributed by atoms with E-state index in [0.717, 1.165) is 12.3 Å². The maximum absolute atomic E-state index is 12.0. The van der Waals surface area contributed by atoms with Crippen LogP contribution in [0.25, 0.3) is 0 Å². The van der Waals surface area contributed by atoms with E-state index in [2.05, 4.69) is 15.7 Å². The van der Waals surface area contributed by atoms with Crippen molar-refractivity contribution in [3.63, 3.8) is 0 Å². The van der Waals surface area contributed by atoms with Crippen LogP contribution in [0.3, 0.4) is 0 Å². The summed E-state index contributed by atoms with van der Waals surface area (Å²) in [6, 6.07) is 7.09. The topological polar surface area (TPSA) is 79.5 Å². The first-order valence-electron chi connectivity index (χ1n) is 5.75. The fraction of sp³-hybridized carbons (Fsp3) is 0.333. The molecule has 4 N–H and O–H groups in total. The first-order chi connectivity index (χ1) is 8.69. The second-order valence-corrected chi connectivity index (χ2v) is 4.60. The quantitative estimate of drug-likeness (QED) is 0.561. The first-order valence-corrected chi connectivity index (χ1v) is 6.13. The molecule has 1 aromatic rings. The number of amidine groups is 1. The van der Waals surface area contributed by atoms with Crippen molar-refractivity contribution < 1.29 is 4.79 Å². The molecule has 0 saturated carbocycles. The molecule has 1 amide bonds. The van der Waals surface area contributed by atoms with Crippen molar-refractivity contribution in [2.75, 3.05) is 11.9 Å². The minimum Gasteiger partial charge on any atom is -0.326 e. The van der Waals surface area contributed by atoms with Crippen LogP contribution in [-0.4, -0.2) is 18.3 Å². The summed E-state index contributed by atoms with van der Waals surface area (Å²) in [5.41, 5.74) is 3.23. The molecule has 0 bridgehead atoms. The van der Waals surface area contributed by atoms with Crippen LogP contribution >= 0.6 is 11.6 Å². The summed E-state index contributed by atoms with van der Waals surface area (Å²) in [6.07, 6.45) is 1.44. The third-order valence-electron chi connectivity index (χ3n) is 2.86. The van der Waals surface area contributed by atoms with Crippen LogP contribution in [-0.2, 0) is 4.79 Å². The first kappa shape index (κ1) is 12.9. The van der Waals surface area contributed by atoms with Gasteiger partial charge in [-0.3, -0.25) is 9.79 Å². The van der Waals surface area contributed by atoms with Crippen LogP contribution in [0, 0.1) is 5.92 Å². The number of hydrogen-bond donors (Lipinski definition) is 3. The van der Waals surface area contributed by atoms with Gasteiger partial charge in [-0.1, -0.05) is 17.7 Å². The molecule has 18 heavy (non-hydrogen) atoms. The Hall–Kier alpha value is -1.59. The Balaban J connectivity index is 1.95. The summed E-state index contributed by atoms with van der Waals surface area (Å²) >= 11 is 5.86. The highest BCUT2D eigenvalue weighted by molar-refractivity contribution is 6.30. The number of aliphatic imine (C=N–C) groups is 1. The number of hydrazine groups is 1. The SMILES string of the molecule is NNC1=NCC(C(=O)Nc2cccc(Cl)c2)CC1. The van der Waals surface area contributed by atoms with Crippen LogP contribution in [0.2, 0.25) is 5.02 Å². The maximum Gasteiger partial charge on any atom is 0.229 e. The van der Waals surface area contributed by atoms with Gasteiger partial charge in [-0.05, 0) is 24.6 Å². The lowest BCUT2D eigenvalue weighted by molar-refractivity contribution is -0.119. The average Bonchev–Trinajstić information content (AvgIpc) is 2.39. The Kier molecular flexibility index (Phi) is 4.17. The molecule has 1 aromatic carbocycles. The number of nitrogens with one attached hydrogen (secondary N) is 2. The van der Waals surface area contributed by atoms with Gasteiger partial charge in [0.05, 0.1) is 12.5 Å². The van der Waals surface area contributed by atoms with Crippen molar-refractivity contribution >= 4 is 29.0 Å². The zero-order valence-corrected chi connectivity index (χ0v) is 10.6. The molecule has 1 aliphatic rings. The number of amides is 1. The average molecular weight is 267 g/mol. The van der Waals surface area contributed by atoms with E-state index in [1.54, 1.807) is 18.2 Å². The standard InChI is InChI=1S/C12H15ClN4O/c13-9-2-1-3-10(6-9)16-12(18)8-4-5-11(17-14)15-7-8/h1-3,6,8H,4-5,7,14H2,(H,15,17)(H,16,18). The molecule has 0 spiro atoms. The van der Waals surface area contributed by atoms with Crippen molar-refractivity contribution in [3.8, 4) is 0 Å². The predicted octanol–water partition coefficient (Wildman–Crippen LogP) is 1.55.